The fourth-order valence-corrected chi connectivity index (χ4v) is 1.51. The number of aromatic hydroxyl groups is 1. The topological polar surface area (TPSA) is 70.0 Å². The van der Waals surface area contributed by atoms with Gasteiger partial charge >= 0.3 is 0 Å². The van der Waals surface area contributed by atoms with Crippen molar-refractivity contribution in [1.82, 2.24) is 0 Å². The number of hydrogen-bond acceptors (Lipinski definition) is 3. The number of nitriles is 1. The van der Waals surface area contributed by atoms with E-state index in [0.29, 0.717) is 15.6 Å². The lowest BCUT2D eigenvalue weighted by molar-refractivity contribution is 0.460. The highest BCUT2D eigenvalue weighted by atomic mass is 79.9. The minimum Gasteiger partial charge on any atom is -0.506 e. The Morgan fingerprint density at radius 1 is 1.62 bits per heavy atom. The summed E-state index contributed by atoms with van der Waals surface area (Å²) >= 11 is 3.15. The molecule has 0 aliphatic heterocycles. The summed E-state index contributed by atoms with van der Waals surface area (Å²) in [5.41, 5.74) is 6.68. The van der Waals surface area contributed by atoms with Crippen LogP contribution in [0.15, 0.2) is 16.6 Å². The molecule has 0 amide bonds. The lowest BCUT2D eigenvalue weighted by Gasteiger charge is -2.09. The average molecular weight is 241 g/mol. The molecule has 0 aromatic heterocycles. The minimum atomic E-state index is -0.287. The first-order valence-electron chi connectivity index (χ1n) is 3.74. The number of phenols is 1. The Bertz CT molecular complexity index is 369. The fraction of sp³-hybridized carbons (Fsp3) is 0.222. The van der Waals surface area contributed by atoms with E-state index in [1.165, 1.54) is 0 Å². The smallest absolute Gasteiger partial charge is 0.134 e. The molecular formula is C9H9BrN2O. The van der Waals surface area contributed by atoms with E-state index < -0.39 is 0 Å². The first kappa shape index (κ1) is 10.0. The van der Waals surface area contributed by atoms with Crippen molar-refractivity contribution in [3.63, 3.8) is 0 Å². The Morgan fingerprint density at radius 2 is 2.23 bits per heavy atom. The van der Waals surface area contributed by atoms with Crippen molar-refractivity contribution in [2.45, 2.75) is 13.0 Å². The zero-order valence-corrected chi connectivity index (χ0v) is 8.67. The monoisotopic (exact) mass is 240 g/mol. The number of hydrogen-bond donors (Lipinski definition) is 2. The van der Waals surface area contributed by atoms with Gasteiger partial charge in [0.1, 0.15) is 5.75 Å². The highest BCUT2D eigenvalue weighted by Gasteiger charge is 2.10. The molecule has 0 aliphatic rings. The molecule has 3 nitrogen and oxygen atoms in total. The quantitative estimate of drug-likeness (QED) is 0.790. The Morgan fingerprint density at radius 3 is 2.69 bits per heavy atom. The van der Waals surface area contributed by atoms with Crippen LogP contribution in [0.25, 0.3) is 0 Å². The zero-order chi connectivity index (χ0) is 10.0. The standard InChI is InChI=1S/C9H9BrN2O/c1-5(12)7-2-6(4-11)3-8(10)9(7)13/h2-3,5,13H,12H2,1H3/t5-/m0/s1. The third kappa shape index (κ3) is 2.00. The molecule has 0 saturated heterocycles. The molecule has 1 atom stereocenters. The number of rotatable bonds is 1. The van der Waals surface area contributed by atoms with Gasteiger partial charge in [-0.2, -0.15) is 5.26 Å². The van der Waals surface area contributed by atoms with Gasteiger partial charge in [0.05, 0.1) is 16.1 Å². The van der Waals surface area contributed by atoms with Crippen LogP contribution < -0.4 is 5.73 Å². The van der Waals surface area contributed by atoms with Crippen molar-refractivity contribution in [2.75, 3.05) is 0 Å². The van der Waals surface area contributed by atoms with Gasteiger partial charge in [0, 0.05) is 11.6 Å². The van der Waals surface area contributed by atoms with E-state index in [2.05, 4.69) is 15.9 Å². The lowest BCUT2D eigenvalue weighted by atomic mass is 10.1. The van der Waals surface area contributed by atoms with Gasteiger partial charge in [0.25, 0.3) is 0 Å². The van der Waals surface area contributed by atoms with Crippen molar-refractivity contribution in [3.05, 3.63) is 27.7 Å². The number of nitrogens with two attached hydrogens (primary N) is 1. The van der Waals surface area contributed by atoms with E-state index in [-0.39, 0.29) is 11.8 Å². The molecule has 0 spiro atoms. The normalized spacial score (nSPS) is 12.2. The molecule has 1 rings (SSSR count). The number of phenolic OH excluding ortho intramolecular Hbond substituents is 1. The molecule has 0 heterocycles. The predicted octanol–water partition coefficient (Wildman–Crippen LogP) is 2.05. The molecule has 0 aliphatic carbocycles. The molecule has 3 N–H and O–H groups in total. The van der Waals surface area contributed by atoms with Crippen molar-refractivity contribution >= 4 is 15.9 Å². The summed E-state index contributed by atoms with van der Waals surface area (Å²) in [4.78, 5) is 0. The van der Waals surface area contributed by atoms with Gasteiger partial charge in [0.2, 0.25) is 0 Å². The molecule has 13 heavy (non-hydrogen) atoms. The molecule has 68 valence electrons. The first-order chi connectivity index (χ1) is 6.06. The fourth-order valence-electron chi connectivity index (χ4n) is 1.03. The van der Waals surface area contributed by atoms with Crippen LogP contribution in [-0.4, -0.2) is 5.11 Å². The molecule has 0 unspecified atom stereocenters. The van der Waals surface area contributed by atoms with Crippen molar-refractivity contribution in [3.8, 4) is 11.8 Å². The van der Waals surface area contributed by atoms with E-state index in [1.54, 1.807) is 19.1 Å². The summed E-state index contributed by atoms with van der Waals surface area (Å²) < 4.78 is 0.499. The van der Waals surface area contributed by atoms with Crippen molar-refractivity contribution in [2.24, 2.45) is 5.73 Å². The molecule has 0 radical (unpaired) electrons. The van der Waals surface area contributed by atoms with Gasteiger partial charge < -0.3 is 10.8 Å². The SMILES string of the molecule is C[C@H](N)c1cc(C#N)cc(Br)c1O. The van der Waals surface area contributed by atoms with E-state index >= 15 is 0 Å². The summed E-state index contributed by atoms with van der Waals surface area (Å²) in [7, 11) is 0. The maximum Gasteiger partial charge on any atom is 0.134 e. The maximum absolute atomic E-state index is 9.55. The molecule has 0 bridgehead atoms. The molecule has 1 aromatic carbocycles. The highest BCUT2D eigenvalue weighted by molar-refractivity contribution is 9.10. The van der Waals surface area contributed by atoms with E-state index in [4.69, 9.17) is 11.0 Å². The van der Waals surface area contributed by atoms with E-state index in [0.717, 1.165) is 0 Å². The van der Waals surface area contributed by atoms with Crippen LogP contribution >= 0.6 is 15.9 Å². The van der Waals surface area contributed by atoms with Gasteiger partial charge in [-0.3, -0.25) is 0 Å². The van der Waals surface area contributed by atoms with Crippen LogP contribution in [0.3, 0.4) is 0 Å². The number of nitrogens with zero attached hydrogens (tertiary/aromatic N) is 1. The summed E-state index contributed by atoms with van der Waals surface area (Å²) in [5, 5.41) is 18.2. The second kappa shape index (κ2) is 3.77. The molecular weight excluding hydrogens is 232 g/mol. The Labute approximate surface area is 84.9 Å². The molecule has 1 aromatic rings. The number of benzene rings is 1. The first-order valence-corrected chi connectivity index (χ1v) is 4.53. The summed E-state index contributed by atoms with van der Waals surface area (Å²) in [6, 6.07) is 4.85. The summed E-state index contributed by atoms with van der Waals surface area (Å²) in [5.74, 6) is 0.106. The largest absolute Gasteiger partial charge is 0.506 e. The molecule has 4 heteroatoms. The van der Waals surface area contributed by atoms with Crippen LogP contribution in [0.5, 0.6) is 5.75 Å². The molecule has 0 fully saturated rings. The van der Waals surface area contributed by atoms with Gasteiger partial charge in [-0.1, -0.05) is 0 Å². The maximum atomic E-state index is 9.55. The van der Waals surface area contributed by atoms with E-state index in [9.17, 15) is 5.11 Å². The van der Waals surface area contributed by atoms with Gasteiger partial charge in [-0.15, -0.1) is 0 Å². The molecule has 0 saturated carbocycles. The van der Waals surface area contributed by atoms with E-state index in [1.807, 2.05) is 6.07 Å². The second-order valence-electron chi connectivity index (χ2n) is 2.80. The third-order valence-corrected chi connectivity index (χ3v) is 2.32. The average Bonchev–Trinajstić information content (AvgIpc) is 2.09. The minimum absolute atomic E-state index is 0.106. The zero-order valence-electron chi connectivity index (χ0n) is 7.08. The Kier molecular flexibility index (Phi) is 2.91. The Hall–Kier alpha value is -1.05. The van der Waals surface area contributed by atoms with Crippen molar-refractivity contribution < 1.29 is 5.11 Å². The summed E-state index contributed by atoms with van der Waals surface area (Å²) in [6.45, 7) is 1.75. The van der Waals surface area contributed by atoms with Crippen molar-refractivity contribution in [1.29, 1.82) is 5.26 Å². The van der Waals surface area contributed by atoms with Crippen LogP contribution in [0, 0.1) is 11.3 Å². The third-order valence-electron chi connectivity index (χ3n) is 1.71. The van der Waals surface area contributed by atoms with Crippen LogP contribution in [0.4, 0.5) is 0 Å². The van der Waals surface area contributed by atoms with Gasteiger partial charge in [0.15, 0.2) is 0 Å². The van der Waals surface area contributed by atoms with Crippen LogP contribution in [-0.2, 0) is 0 Å². The number of halogens is 1. The second-order valence-corrected chi connectivity index (χ2v) is 3.65. The highest BCUT2D eigenvalue weighted by Crippen LogP contribution is 2.32. The lowest BCUT2D eigenvalue weighted by Crippen LogP contribution is -2.05. The van der Waals surface area contributed by atoms with Gasteiger partial charge in [-0.05, 0) is 35.0 Å². The Balaban J connectivity index is 3.35. The predicted molar refractivity (Wildman–Crippen MR) is 53.1 cm³/mol. The van der Waals surface area contributed by atoms with Crippen LogP contribution in [0.2, 0.25) is 0 Å². The van der Waals surface area contributed by atoms with Gasteiger partial charge in [-0.25, -0.2) is 0 Å². The summed E-state index contributed by atoms with van der Waals surface area (Å²) in [6.07, 6.45) is 0. The van der Waals surface area contributed by atoms with Crippen LogP contribution in [0.1, 0.15) is 24.1 Å².